The molecule has 1 amide bonds. The van der Waals surface area contributed by atoms with Gasteiger partial charge in [0.2, 0.25) is 5.91 Å². The normalized spacial score (nSPS) is 16.4. The van der Waals surface area contributed by atoms with Crippen LogP contribution >= 0.6 is 11.8 Å². The summed E-state index contributed by atoms with van der Waals surface area (Å²) in [6.45, 7) is 3.99. The average Bonchev–Trinajstić information content (AvgIpc) is 2.41. The van der Waals surface area contributed by atoms with Gasteiger partial charge in [0.05, 0.1) is 6.10 Å². The lowest BCUT2D eigenvalue weighted by Crippen LogP contribution is -2.26. The van der Waals surface area contributed by atoms with Gasteiger partial charge in [-0.2, -0.15) is 11.8 Å². The minimum atomic E-state index is 0.151. The zero-order valence-electron chi connectivity index (χ0n) is 11.5. The number of carbonyl (C=O) groups is 1. The van der Waals surface area contributed by atoms with Gasteiger partial charge in [0.1, 0.15) is 5.75 Å². The van der Waals surface area contributed by atoms with Gasteiger partial charge >= 0.3 is 0 Å². The van der Waals surface area contributed by atoms with E-state index in [1.807, 2.05) is 49.9 Å². The number of ether oxygens (including phenoxy) is 1. The van der Waals surface area contributed by atoms with Gasteiger partial charge in [-0.1, -0.05) is 0 Å². The minimum absolute atomic E-state index is 0.151. The van der Waals surface area contributed by atoms with Gasteiger partial charge in [-0.3, -0.25) is 4.79 Å². The summed E-state index contributed by atoms with van der Waals surface area (Å²) in [5.74, 6) is 3.35. The fourth-order valence-electron chi connectivity index (χ4n) is 2.09. The molecule has 104 valence electrons. The van der Waals surface area contributed by atoms with Crippen LogP contribution in [0.15, 0.2) is 24.3 Å². The Morgan fingerprint density at radius 3 is 2.47 bits per heavy atom. The van der Waals surface area contributed by atoms with Gasteiger partial charge in [-0.15, -0.1) is 0 Å². The molecule has 0 bridgehead atoms. The van der Waals surface area contributed by atoms with E-state index in [9.17, 15) is 4.79 Å². The van der Waals surface area contributed by atoms with Crippen LogP contribution in [0.4, 0.5) is 5.69 Å². The Bertz CT molecular complexity index is 411. The topological polar surface area (TPSA) is 38.3 Å². The molecule has 1 N–H and O–H groups in total. The maximum Gasteiger partial charge on any atom is 0.227 e. The SMILES string of the molecule is CC(C)Oc1ccc(NC(=O)C2CCSCC2)cc1. The first-order valence-electron chi connectivity index (χ1n) is 6.80. The van der Waals surface area contributed by atoms with E-state index in [2.05, 4.69) is 5.32 Å². The van der Waals surface area contributed by atoms with Crippen molar-refractivity contribution in [2.24, 2.45) is 5.92 Å². The highest BCUT2D eigenvalue weighted by atomic mass is 32.2. The van der Waals surface area contributed by atoms with Crippen molar-refractivity contribution in [2.45, 2.75) is 32.8 Å². The summed E-state index contributed by atoms with van der Waals surface area (Å²) in [5, 5.41) is 2.99. The van der Waals surface area contributed by atoms with Crippen molar-refractivity contribution in [3.05, 3.63) is 24.3 Å². The Hall–Kier alpha value is -1.16. The summed E-state index contributed by atoms with van der Waals surface area (Å²) in [4.78, 5) is 12.1. The molecule has 0 spiro atoms. The summed E-state index contributed by atoms with van der Waals surface area (Å²) in [7, 11) is 0. The van der Waals surface area contributed by atoms with E-state index in [1.54, 1.807) is 0 Å². The van der Waals surface area contributed by atoms with Crippen LogP contribution in [0.2, 0.25) is 0 Å². The molecule has 0 radical (unpaired) electrons. The molecule has 19 heavy (non-hydrogen) atoms. The Kier molecular flexibility index (Phi) is 5.14. The van der Waals surface area contributed by atoms with Crippen molar-refractivity contribution >= 4 is 23.4 Å². The molecular formula is C15H21NO2S. The number of hydrogen-bond acceptors (Lipinski definition) is 3. The monoisotopic (exact) mass is 279 g/mol. The third kappa shape index (κ3) is 4.46. The quantitative estimate of drug-likeness (QED) is 0.916. The van der Waals surface area contributed by atoms with E-state index in [1.165, 1.54) is 0 Å². The molecule has 1 heterocycles. The van der Waals surface area contributed by atoms with Crippen molar-refractivity contribution in [2.75, 3.05) is 16.8 Å². The molecule has 3 nitrogen and oxygen atoms in total. The molecule has 0 atom stereocenters. The number of hydrogen-bond donors (Lipinski definition) is 1. The Morgan fingerprint density at radius 2 is 1.89 bits per heavy atom. The van der Waals surface area contributed by atoms with Gasteiger partial charge < -0.3 is 10.1 Å². The Balaban J connectivity index is 1.89. The smallest absolute Gasteiger partial charge is 0.227 e. The molecule has 1 aliphatic rings. The summed E-state index contributed by atoms with van der Waals surface area (Å²) in [6.07, 6.45) is 2.15. The van der Waals surface area contributed by atoms with E-state index in [0.717, 1.165) is 35.8 Å². The summed E-state index contributed by atoms with van der Waals surface area (Å²) < 4.78 is 5.58. The molecule has 2 rings (SSSR count). The Labute approximate surface area is 119 Å². The number of benzene rings is 1. The first-order chi connectivity index (χ1) is 9.15. The fraction of sp³-hybridized carbons (Fsp3) is 0.533. The van der Waals surface area contributed by atoms with E-state index in [0.29, 0.717) is 0 Å². The number of carbonyl (C=O) groups excluding carboxylic acids is 1. The molecule has 1 aliphatic heterocycles. The van der Waals surface area contributed by atoms with Crippen molar-refractivity contribution in [3.8, 4) is 5.75 Å². The first-order valence-corrected chi connectivity index (χ1v) is 7.96. The van der Waals surface area contributed by atoms with Gasteiger partial charge in [0.25, 0.3) is 0 Å². The maximum atomic E-state index is 12.1. The van der Waals surface area contributed by atoms with Gasteiger partial charge in [-0.25, -0.2) is 0 Å². The zero-order chi connectivity index (χ0) is 13.7. The third-order valence-corrected chi connectivity index (χ3v) is 4.13. The second-order valence-corrected chi connectivity index (χ2v) is 6.29. The standard InChI is InChI=1S/C15H21NO2S/c1-11(2)18-14-5-3-13(4-6-14)16-15(17)12-7-9-19-10-8-12/h3-6,11-12H,7-10H2,1-2H3,(H,16,17). The minimum Gasteiger partial charge on any atom is -0.491 e. The van der Waals surface area contributed by atoms with E-state index in [-0.39, 0.29) is 17.9 Å². The highest BCUT2D eigenvalue weighted by molar-refractivity contribution is 7.99. The zero-order valence-corrected chi connectivity index (χ0v) is 12.3. The number of anilines is 1. The predicted octanol–water partition coefficient (Wildman–Crippen LogP) is 3.56. The number of thioether (sulfide) groups is 1. The largest absolute Gasteiger partial charge is 0.491 e. The average molecular weight is 279 g/mol. The van der Waals surface area contributed by atoms with E-state index < -0.39 is 0 Å². The predicted molar refractivity (Wildman–Crippen MR) is 80.9 cm³/mol. The van der Waals surface area contributed by atoms with Gasteiger partial charge in [-0.05, 0) is 62.5 Å². The molecule has 0 unspecified atom stereocenters. The van der Waals surface area contributed by atoms with Crippen molar-refractivity contribution in [1.29, 1.82) is 0 Å². The second kappa shape index (κ2) is 6.85. The lowest BCUT2D eigenvalue weighted by Gasteiger charge is -2.20. The van der Waals surface area contributed by atoms with E-state index in [4.69, 9.17) is 4.74 Å². The lowest BCUT2D eigenvalue weighted by atomic mass is 10.0. The number of amides is 1. The third-order valence-electron chi connectivity index (χ3n) is 3.09. The van der Waals surface area contributed by atoms with Crippen LogP contribution in [0.25, 0.3) is 0 Å². The molecule has 0 aromatic heterocycles. The van der Waals surface area contributed by atoms with Crippen LogP contribution < -0.4 is 10.1 Å². The number of rotatable bonds is 4. The Morgan fingerprint density at radius 1 is 1.26 bits per heavy atom. The van der Waals surface area contributed by atoms with Crippen LogP contribution in [-0.4, -0.2) is 23.5 Å². The van der Waals surface area contributed by atoms with Crippen LogP contribution in [0.5, 0.6) is 5.75 Å². The molecule has 1 aromatic carbocycles. The molecule has 1 fully saturated rings. The van der Waals surface area contributed by atoms with Crippen LogP contribution in [0.1, 0.15) is 26.7 Å². The molecule has 1 saturated heterocycles. The number of nitrogens with one attached hydrogen (secondary N) is 1. The molecular weight excluding hydrogens is 258 g/mol. The highest BCUT2D eigenvalue weighted by Crippen LogP contribution is 2.24. The summed E-state index contributed by atoms with van der Waals surface area (Å²) >= 11 is 1.93. The molecule has 0 saturated carbocycles. The second-order valence-electron chi connectivity index (χ2n) is 5.07. The van der Waals surface area contributed by atoms with Crippen molar-refractivity contribution in [3.63, 3.8) is 0 Å². The molecule has 4 heteroatoms. The van der Waals surface area contributed by atoms with Crippen LogP contribution in [-0.2, 0) is 4.79 Å². The van der Waals surface area contributed by atoms with E-state index >= 15 is 0 Å². The van der Waals surface area contributed by atoms with Crippen molar-refractivity contribution in [1.82, 2.24) is 0 Å². The summed E-state index contributed by atoms with van der Waals surface area (Å²) in [5.41, 5.74) is 0.847. The van der Waals surface area contributed by atoms with Gasteiger partial charge in [0.15, 0.2) is 0 Å². The summed E-state index contributed by atoms with van der Waals surface area (Å²) in [6, 6.07) is 7.58. The highest BCUT2D eigenvalue weighted by Gasteiger charge is 2.21. The lowest BCUT2D eigenvalue weighted by molar-refractivity contribution is -0.120. The fourth-order valence-corrected chi connectivity index (χ4v) is 3.20. The molecule has 0 aliphatic carbocycles. The van der Waals surface area contributed by atoms with Crippen LogP contribution in [0, 0.1) is 5.92 Å². The first kappa shape index (κ1) is 14.3. The van der Waals surface area contributed by atoms with Crippen molar-refractivity contribution < 1.29 is 9.53 Å². The maximum absolute atomic E-state index is 12.1. The van der Waals surface area contributed by atoms with Gasteiger partial charge in [0, 0.05) is 11.6 Å². The molecule has 1 aromatic rings. The van der Waals surface area contributed by atoms with Crippen LogP contribution in [0.3, 0.4) is 0 Å².